The minimum Gasteiger partial charge on any atom is -0.459 e. The molecule has 3 heteroatoms. The van der Waals surface area contributed by atoms with E-state index in [1.54, 1.807) is 13.8 Å². The predicted octanol–water partition coefficient (Wildman–Crippen LogP) is 5.66. The lowest BCUT2D eigenvalue weighted by Crippen LogP contribution is -2.45. The Balaban J connectivity index is 3.91. The van der Waals surface area contributed by atoms with Crippen LogP contribution >= 0.6 is 0 Å². The Morgan fingerprint density at radius 3 is 2.08 bits per heavy atom. The maximum absolute atomic E-state index is 12.1. The van der Waals surface area contributed by atoms with Crippen LogP contribution in [-0.4, -0.2) is 22.8 Å². The fraction of sp³-hybridized carbons (Fsp3) is 0.857. The molecule has 0 saturated carbocycles. The van der Waals surface area contributed by atoms with Gasteiger partial charge in [0.15, 0.2) is 0 Å². The van der Waals surface area contributed by atoms with Crippen LogP contribution in [0.4, 0.5) is 0 Å². The molecule has 0 aromatic heterocycles. The molecule has 0 fully saturated rings. The summed E-state index contributed by atoms with van der Waals surface area (Å²) in [7, 11) is 0. The number of carbonyl (C=O) groups excluding carboxylic acids is 1. The summed E-state index contributed by atoms with van der Waals surface area (Å²) in [6.45, 7) is 11.5. The number of esters is 1. The summed E-state index contributed by atoms with van der Waals surface area (Å²) in [6.07, 6.45) is 13.2. The molecule has 3 unspecified atom stereocenters. The number of hydrogen-bond acceptors (Lipinski definition) is 3. The first-order valence-corrected chi connectivity index (χ1v) is 9.81. The third-order valence-electron chi connectivity index (χ3n) is 5.09. The van der Waals surface area contributed by atoms with Gasteiger partial charge >= 0.3 is 5.97 Å². The second-order valence-electron chi connectivity index (χ2n) is 7.61. The number of unbranched alkanes of at least 4 members (excludes halogenated alkanes) is 5. The van der Waals surface area contributed by atoms with Crippen LogP contribution in [0.2, 0.25) is 0 Å². The van der Waals surface area contributed by atoms with Crippen LogP contribution in [0.15, 0.2) is 12.2 Å². The average Bonchev–Trinajstić information content (AvgIpc) is 2.52. The smallest absolute Gasteiger partial charge is 0.309 e. The summed E-state index contributed by atoms with van der Waals surface area (Å²) >= 11 is 0. The Hall–Kier alpha value is -0.830. The van der Waals surface area contributed by atoms with Crippen molar-refractivity contribution < 1.29 is 14.6 Å². The fourth-order valence-electron chi connectivity index (χ4n) is 2.46. The normalized spacial score (nSPS) is 17.0. The van der Waals surface area contributed by atoms with Crippen molar-refractivity contribution in [3.05, 3.63) is 12.2 Å². The highest BCUT2D eigenvalue weighted by atomic mass is 16.6. The summed E-state index contributed by atoms with van der Waals surface area (Å²) in [4.78, 5) is 12.1. The number of allylic oxidation sites excluding steroid dienone is 2. The van der Waals surface area contributed by atoms with Gasteiger partial charge in [-0.3, -0.25) is 4.79 Å². The van der Waals surface area contributed by atoms with E-state index < -0.39 is 11.7 Å². The van der Waals surface area contributed by atoms with Crippen molar-refractivity contribution in [3.8, 4) is 0 Å². The van der Waals surface area contributed by atoms with E-state index in [0.717, 1.165) is 25.7 Å². The van der Waals surface area contributed by atoms with Crippen molar-refractivity contribution in [1.29, 1.82) is 0 Å². The number of aliphatic hydroxyl groups is 1. The first kappa shape index (κ1) is 23.2. The highest BCUT2D eigenvalue weighted by molar-refractivity contribution is 5.72. The van der Waals surface area contributed by atoms with Crippen molar-refractivity contribution in [2.24, 2.45) is 11.8 Å². The number of rotatable bonds is 13. The van der Waals surface area contributed by atoms with Crippen LogP contribution in [-0.2, 0) is 9.53 Å². The first-order valence-electron chi connectivity index (χ1n) is 9.81. The van der Waals surface area contributed by atoms with E-state index in [1.165, 1.54) is 25.7 Å². The summed E-state index contributed by atoms with van der Waals surface area (Å²) in [6, 6.07) is 0. The highest BCUT2D eigenvalue weighted by Gasteiger charge is 2.35. The maximum Gasteiger partial charge on any atom is 0.309 e. The van der Waals surface area contributed by atoms with Crippen LogP contribution in [0.25, 0.3) is 0 Å². The van der Waals surface area contributed by atoms with Crippen LogP contribution in [0.3, 0.4) is 0 Å². The molecule has 1 N–H and O–H groups in total. The van der Waals surface area contributed by atoms with Crippen LogP contribution < -0.4 is 0 Å². The largest absolute Gasteiger partial charge is 0.459 e. The van der Waals surface area contributed by atoms with E-state index in [-0.39, 0.29) is 17.8 Å². The molecule has 0 aliphatic rings. The number of hydrogen-bond donors (Lipinski definition) is 1. The van der Waals surface area contributed by atoms with Crippen LogP contribution in [0, 0.1) is 11.8 Å². The molecule has 0 aliphatic heterocycles. The Morgan fingerprint density at radius 2 is 1.58 bits per heavy atom. The van der Waals surface area contributed by atoms with Gasteiger partial charge in [0.05, 0.1) is 5.92 Å². The lowest BCUT2D eigenvalue weighted by molar-refractivity contribution is -0.170. The van der Waals surface area contributed by atoms with Crippen molar-refractivity contribution in [1.82, 2.24) is 0 Å². The van der Waals surface area contributed by atoms with Crippen LogP contribution in [0.1, 0.15) is 92.9 Å². The zero-order valence-corrected chi connectivity index (χ0v) is 16.8. The minimum atomic E-state index is -0.988. The molecule has 0 amide bonds. The summed E-state index contributed by atoms with van der Waals surface area (Å²) < 4.78 is 5.47. The molecule has 0 aliphatic carbocycles. The van der Waals surface area contributed by atoms with Gasteiger partial charge in [-0.2, -0.15) is 0 Å². The van der Waals surface area contributed by atoms with Gasteiger partial charge in [-0.1, -0.05) is 59.1 Å². The SMILES string of the molecule is CCCCCC=CCCCCC(C)C(=O)OC(C)C(C)(O)C(C)C. The molecular weight excluding hydrogens is 300 g/mol. The van der Waals surface area contributed by atoms with Gasteiger partial charge in [0.25, 0.3) is 0 Å². The number of carbonyl (C=O) groups is 1. The quantitative estimate of drug-likeness (QED) is 0.267. The van der Waals surface area contributed by atoms with Gasteiger partial charge < -0.3 is 9.84 Å². The Labute approximate surface area is 149 Å². The molecule has 0 aromatic carbocycles. The predicted molar refractivity (Wildman–Crippen MR) is 102 cm³/mol. The van der Waals surface area contributed by atoms with Crippen molar-refractivity contribution in [3.63, 3.8) is 0 Å². The molecule has 142 valence electrons. The third kappa shape index (κ3) is 9.46. The third-order valence-corrected chi connectivity index (χ3v) is 5.09. The topological polar surface area (TPSA) is 46.5 Å². The molecule has 0 spiro atoms. The lowest BCUT2D eigenvalue weighted by Gasteiger charge is -2.34. The molecule has 0 rings (SSSR count). The van der Waals surface area contributed by atoms with Gasteiger partial charge in [0.2, 0.25) is 0 Å². The molecule has 0 saturated heterocycles. The van der Waals surface area contributed by atoms with Crippen molar-refractivity contribution >= 4 is 5.97 Å². The van der Waals surface area contributed by atoms with Gasteiger partial charge in [0, 0.05) is 0 Å². The Kier molecular flexibility index (Phi) is 12.1. The van der Waals surface area contributed by atoms with Gasteiger partial charge in [-0.15, -0.1) is 0 Å². The average molecular weight is 341 g/mol. The Bertz CT molecular complexity index is 358. The lowest BCUT2D eigenvalue weighted by atomic mass is 9.87. The van der Waals surface area contributed by atoms with Crippen LogP contribution in [0.5, 0.6) is 0 Å². The van der Waals surface area contributed by atoms with E-state index in [9.17, 15) is 9.90 Å². The second kappa shape index (κ2) is 12.5. The van der Waals surface area contributed by atoms with E-state index in [4.69, 9.17) is 4.74 Å². The van der Waals surface area contributed by atoms with Crippen molar-refractivity contribution in [2.45, 2.75) is 105 Å². The molecule has 24 heavy (non-hydrogen) atoms. The van der Waals surface area contributed by atoms with E-state index in [1.807, 2.05) is 20.8 Å². The molecule has 0 aromatic rings. The standard InChI is InChI=1S/C21H40O3/c1-7-8-9-10-11-12-13-14-15-16-18(4)20(22)24-19(5)21(6,23)17(2)3/h11-12,17-19,23H,7-10,13-16H2,1-6H3. The maximum atomic E-state index is 12.1. The van der Waals surface area contributed by atoms with Crippen molar-refractivity contribution in [2.75, 3.05) is 0 Å². The zero-order chi connectivity index (χ0) is 18.6. The highest BCUT2D eigenvalue weighted by Crippen LogP contribution is 2.24. The molecule has 3 atom stereocenters. The van der Waals surface area contributed by atoms with Gasteiger partial charge in [-0.25, -0.2) is 0 Å². The van der Waals surface area contributed by atoms with Gasteiger partial charge in [-0.05, 0) is 51.9 Å². The summed E-state index contributed by atoms with van der Waals surface area (Å²) in [5.74, 6) is -0.262. The zero-order valence-electron chi connectivity index (χ0n) is 16.8. The summed E-state index contributed by atoms with van der Waals surface area (Å²) in [5, 5.41) is 10.4. The first-order chi connectivity index (χ1) is 11.2. The monoisotopic (exact) mass is 340 g/mol. The molecular formula is C21H40O3. The molecule has 0 bridgehead atoms. The van der Waals surface area contributed by atoms with E-state index in [0.29, 0.717) is 0 Å². The molecule has 0 radical (unpaired) electrons. The minimum absolute atomic E-state index is 0.0414. The Morgan fingerprint density at radius 1 is 1.04 bits per heavy atom. The number of ether oxygens (including phenoxy) is 1. The van der Waals surface area contributed by atoms with Gasteiger partial charge in [0.1, 0.15) is 11.7 Å². The van der Waals surface area contributed by atoms with E-state index in [2.05, 4.69) is 19.1 Å². The molecule has 0 heterocycles. The second-order valence-corrected chi connectivity index (χ2v) is 7.61. The van der Waals surface area contributed by atoms with E-state index >= 15 is 0 Å². The fourth-order valence-corrected chi connectivity index (χ4v) is 2.46. The summed E-state index contributed by atoms with van der Waals surface area (Å²) in [5.41, 5.74) is -0.988. The molecule has 3 nitrogen and oxygen atoms in total.